The van der Waals surface area contributed by atoms with E-state index in [4.69, 9.17) is 4.74 Å². The van der Waals surface area contributed by atoms with Gasteiger partial charge in [0, 0.05) is 0 Å². The summed E-state index contributed by atoms with van der Waals surface area (Å²) in [5.74, 6) is 1.25. The molecule has 2 atom stereocenters. The van der Waals surface area contributed by atoms with E-state index in [9.17, 15) is 5.26 Å². The summed E-state index contributed by atoms with van der Waals surface area (Å²) in [5.41, 5.74) is 1.08. The van der Waals surface area contributed by atoms with Crippen LogP contribution >= 0.6 is 0 Å². The Bertz CT molecular complexity index is 419. The Morgan fingerprint density at radius 1 is 1.56 bits per heavy atom. The fourth-order valence-corrected chi connectivity index (χ4v) is 2.58. The van der Waals surface area contributed by atoms with Gasteiger partial charge in [-0.25, -0.2) is 0 Å². The second-order valence-corrected chi connectivity index (χ2v) is 4.72. The van der Waals surface area contributed by atoms with E-state index in [2.05, 4.69) is 11.4 Å². The molecular weight excluding hydrogens is 224 g/mol. The first kappa shape index (κ1) is 12.9. The van der Waals surface area contributed by atoms with Crippen LogP contribution in [-0.4, -0.2) is 19.7 Å². The van der Waals surface area contributed by atoms with Gasteiger partial charge in [-0.15, -0.1) is 0 Å². The third kappa shape index (κ3) is 3.02. The molecule has 1 aliphatic rings. The third-order valence-corrected chi connectivity index (χ3v) is 3.47. The van der Waals surface area contributed by atoms with Gasteiger partial charge in [-0.1, -0.05) is 12.1 Å². The van der Waals surface area contributed by atoms with Gasteiger partial charge in [0.15, 0.2) is 0 Å². The van der Waals surface area contributed by atoms with Crippen molar-refractivity contribution in [2.75, 3.05) is 19.7 Å². The number of benzene rings is 1. The molecule has 2 unspecified atom stereocenters. The molecule has 1 aliphatic heterocycles. The number of nitrogens with zero attached hydrogens (tertiary/aromatic N) is 1. The number of nitrogens with one attached hydrogen (secondary N) is 1. The van der Waals surface area contributed by atoms with Crippen molar-refractivity contribution in [3.8, 4) is 11.8 Å². The maximum atomic E-state index is 9.43. The van der Waals surface area contributed by atoms with E-state index in [1.165, 1.54) is 0 Å². The summed E-state index contributed by atoms with van der Waals surface area (Å²) < 4.78 is 5.50. The van der Waals surface area contributed by atoms with Gasteiger partial charge in [0.05, 0.1) is 18.6 Å². The molecule has 1 N–H and O–H groups in total. The number of hydrogen-bond acceptors (Lipinski definition) is 3. The highest BCUT2D eigenvalue weighted by molar-refractivity contribution is 5.34. The molecule has 0 radical (unpaired) electrons. The first-order chi connectivity index (χ1) is 8.85. The molecule has 0 spiro atoms. The summed E-state index contributed by atoms with van der Waals surface area (Å²) >= 11 is 0. The Morgan fingerprint density at radius 3 is 3.11 bits per heavy atom. The molecule has 0 saturated carbocycles. The third-order valence-electron chi connectivity index (χ3n) is 3.47. The molecule has 2 rings (SSSR count). The largest absolute Gasteiger partial charge is 0.494 e. The molecule has 1 fully saturated rings. The zero-order chi connectivity index (χ0) is 12.8. The molecule has 1 heterocycles. The Hall–Kier alpha value is -1.53. The van der Waals surface area contributed by atoms with E-state index in [1.54, 1.807) is 0 Å². The van der Waals surface area contributed by atoms with E-state index in [1.807, 2.05) is 31.2 Å². The molecular formula is C15H20N2O. The molecule has 1 saturated heterocycles. The summed E-state index contributed by atoms with van der Waals surface area (Å²) in [6, 6.07) is 10.4. The highest BCUT2D eigenvalue weighted by Crippen LogP contribution is 2.30. The Labute approximate surface area is 109 Å². The molecule has 3 nitrogen and oxygen atoms in total. The number of hydrogen-bond donors (Lipinski definition) is 1. The van der Waals surface area contributed by atoms with E-state index < -0.39 is 0 Å². The van der Waals surface area contributed by atoms with Gasteiger partial charge in [-0.05, 0) is 56.5 Å². The SMILES string of the molecule is CCOc1cccc(C(C#N)C2CCCNC2)c1. The fraction of sp³-hybridized carbons (Fsp3) is 0.533. The lowest BCUT2D eigenvalue weighted by atomic mass is 9.82. The van der Waals surface area contributed by atoms with Gasteiger partial charge in [0.25, 0.3) is 0 Å². The normalized spacial score (nSPS) is 21.0. The average molecular weight is 244 g/mol. The number of nitriles is 1. The molecule has 1 aromatic rings. The summed E-state index contributed by atoms with van der Waals surface area (Å²) in [7, 11) is 0. The monoisotopic (exact) mass is 244 g/mol. The average Bonchev–Trinajstić information content (AvgIpc) is 2.42. The van der Waals surface area contributed by atoms with Gasteiger partial charge in [0.1, 0.15) is 5.75 Å². The van der Waals surface area contributed by atoms with Crippen molar-refractivity contribution in [3.63, 3.8) is 0 Å². The first-order valence-electron chi connectivity index (χ1n) is 6.68. The van der Waals surface area contributed by atoms with Gasteiger partial charge in [-0.3, -0.25) is 0 Å². The fourth-order valence-electron chi connectivity index (χ4n) is 2.58. The van der Waals surface area contributed by atoms with Crippen LogP contribution in [0.25, 0.3) is 0 Å². The number of rotatable bonds is 4. The van der Waals surface area contributed by atoms with E-state index >= 15 is 0 Å². The lowest BCUT2D eigenvalue weighted by Gasteiger charge is -2.27. The van der Waals surface area contributed by atoms with E-state index in [0.29, 0.717) is 12.5 Å². The summed E-state index contributed by atoms with van der Waals surface area (Å²) in [4.78, 5) is 0. The number of piperidine rings is 1. The minimum atomic E-state index is -0.0294. The molecule has 0 bridgehead atoms. The molecule has 0 aliphatic carbocycles. The Balaban J connectivity index is 2.16. The molecule has 3 heteroatoms. The molecule has 0 aromatic heterocycles. The van der Waals surface area contributed by atoms with Gasteiger partial charge in [-0.2, -0.15) is 5.26 Å². The topological polar surface area (TPSA) is 45.0 Å². The summed E-state index contributed by atoms with van der Waals surface area (Å²) in [6.07, 6.45) is 2.29. The zero-order valence-electron chi connectivity index (χ0n) is 10.9. The van der Waals surface area contributed by atoms with Gasteiger partial charge >= 0.3 is 0 Å². The van der Waals surface area contributed by atoms with Crippen molar-refractivity contribution >= 4 is 0 Å². The van der Waals surface area contributed by atoms with Gasteiger partial charge in [0.2, 0.25) is 0 Å². The van der Waals surface area contributed by atoms with Crippen LogP contribution in [0.5, 0.6) is 5.75 Å². The first-order valence-corrected chi connectivity index (χ1v) is 6.68. The molecule has 96 valence electrons. The van der Waals surface area contributed by atoms with Crippen LogP contribution in [0.2, 0.25) is 0 Å². The summed E-state index contributed by atoms with van der Waals surface area (Å²) in [5, 5.41) is 12.8. The van der Waals surface area contributed by atoms with Crippen LogP contribution in [0.1, 0.15) is 31.2 Å². The predicted octanol–water partition coefficient (Wildman–Crippen LogP) is 2.69. The zero-order valence-corrected chi connectivity index (χ0v) is 10.9. The second-order valence-electron chi connectivity index (χ2n) is 4.72. The van der Waals surface area contributed by atoms with Crippen LogP contribution in [0.4, 0.5) is 0 Å². The summed E-state index contributed by atoms with van der Waals surface area (Å²) in [6.45, 7) is 4.65. The minimum Gasteiger partial charge on any atom is -0.494 e. The van der Waals surface area contributed by atoms with Crippen LogP contribution in [0, 0.1) is 17.2 Å². The highest BCUT2D eigenvalue weighted by Gasteiger charge is 2.24. The van der Waals surface area contributed by atoms with Crippen LogP contribution in [0.3, 0.4) is 0 Å². The Kier molecular flexibility index (Phi) is 4.60. The quantitative estimate of drug-likeness (QED) is 0.885. The maximum absolute atomic E-state index is 9.43. The Morgan fingerprint density at radius 2 is 2.44 bits per heavy atom. The van der Waals surface area contributed by atoms with Crippen molar-refractivity contribution in [1.82, 2.24) is 5.32 Å². The van der Waals surface area contributed by atoms with Crippen LogP contribution in [0.15, 0.2) is 24.3 Å². The predicted molar refractivity (Wildman–Crippen MR) is 71.6 cm³/mol. The smallest absolute Gasteiger partial charge is 0.119 e. The minimum absolute atomic E-state index is 0.0294. The van der Waals surface area contributed by atoms with Crippen molar-refractivity contribution in [2.45, 2.75) is 25.7 Å². The van der Waals surface area contributed by atoms with Gasteiger partial charge < -0.3 is 10.1 Å². The maximum Gasteiger partial charge on any atom is 0.119 e. The highest BCUT2D eigenvalue weighted by atomic mass is 16.5. The molecule has 18 heavy (non-hydrogen) atoms. The van der Waals surface area contributed by atoms with Crippen molar-refractivity contribution < 1.29 is 4.74 Å². The second kappa shape index (κ2) is 6.42. The lowest BCUT2D eigenvalue weighted by molar-refractivity contribution is 0.336. The van der Waals surface area contributed by atoms with Crippen molar-refractivity contribution in [3.05, 3.63) is 29.8 Å². The molecule has 1 aromatic carbocycles. The van der Waals surface area contributed by atoms with Crippen LogP contribution < -0.4 is 10.1 Å². The number of ether oxygens (including phenoxy) is 1. The molecule has 0 amide bonds. The van der Waals surface area contributed by atoms with Crippen molar-refractivity contribution in [2.24, 2.45) is 5.92 Å². The van der Waals surface area contributed by atoms with E-state index in [0.717, 1.165) is 37.2 Å². The van der Waals surface area contributed by atoms with E-state index in [-0.39, 0.29) is 5.92 Å². The lowest BCUT2D eigenvalue weighted by Crippen LogP contribution is -2.32. The van der Waals surface area contributed by atoms with Crippen molar-refractivity contribution in [1.29, 1.82) is 5.26 Å². The standard InChI is InChI=1S/C15H20N2O/c1-2-18-14-7-3-5-12(9-14)15(10-16)13-6-4-8-17-11-13/h3,5,7,9,13,15,17H,2,4,6,8,11H2,1H3. The van der Waals surface area contributed by atoms with Crippen LogP contribution in [-0.2, 0) is 0 Å².